The molecule has 5 heteroatoms. The van der Waals surface area contributed by atoms with Crippen molar-refractivity contribution in [2.45, 2.75) is 19.3 Å². The Morgan fingerprint density at radius 2 is 1.66 bits per heavy atom. The molecule has 1 aliphatic carbocycles. The van der Waals surface area contributed by atoms with Crippen LogP contribution in [0, 0.1) is 6.92 Å². The lowest BCUT2D eigenvalue weighted by atomic mass is 9.98. The second-order valence-corrected chi connectivity index (χ2v) is 7.82. The summed E-state index contributed by atoms with van der Waals surface area (Å²) in [6, 6.07) is 21.8. The van der Waals surface area contributed by atoms with E-state index in [1.165, 1.54) is 22.3 Å². The summed E-state index contributed by atoms with van der Waals surface area (Å²) >= 11 is 0. The first-order valence-electron chi connectivity index (χ1n) is 10.6. The number of carboxylic acids is 1. The number of ether oxygens (including phenoxy) is 1. The van der Waals surface area contributed by atoms with Crippen LogP contribution in [0.5, 0.6) is 0 Å². The highest BCUT2D eigenvalue weighted by Gasteiger charge is 2.28. The lowest BCUT2D eigenvalue weighted by Crippen LogP contribution is -2.26. The van der Waals surface area contributed by atoms with Crippen molar-refractivity contribution >= 4 is 18.1 Å². The molecule has 0 saturated heterocycles. The van der Waals surface area contributed by atoms with Gasteiger partial charge in [-0.15, -0.1) is 0 Å². The molecule has 0 unspecified atom stereocenters. The van der Waals surface area contributed by atoms with Crippen molar-refractivity contribution in [1.29, 1.82) is 0 Å². The van der Waals surface area contributed by atoms with Crippen LogP contribution in [-0.2, 0) is 4.74 Å². The van der Waals surface area contributed by atoms with Gasteiger partial charge in [0, 0.05) is 12.5 Å². The fourth-order valence-electron chi connectivity index (χ4n) is 4.10. The van der Waals surface area contributed by atoms with Crippen LogP contribution in [-0.4, -0.2) is 30.3 Å². The molecule has 4 rings (SSSR count). The average molecular weight is 428 g/mol. The van der Waals surface area contributed by atoms with E-state index >= 15 is 0 Å². The normalized spacial score (nSPS) is 12.4. The minimum atomic E-state index is -0.935. The molecular weight excluding hydrogens is 402 g/mol. The summed E-state index contributed by atoms with van der Waals surface area (Å²) in [6.07, 6.45) is 3.93. The maximum absolute atomic E-state index is 12.2. The third-order valence-electron chi connectivity index (χ3n) is 5.73. The zero-order valence-electron chi connectivity index (χ0n) is 17.9. The molecule has 0 atom stereocenters. The van der Waals surface area contributed by atoms with Gasteiger partial charge in [-0.05, 0) is 52.8 Å². The number of fused-ring (bicyclic) bond motifs is 3. The lowest BCUT2D eigenvalue weighted by molar-refractivity contribution is 0.0696. The van der Waals surface area contributed by atoms with Gasteiger partial charge in [-0.1, -0.05) is 72.8 Å². The Hall–Kier alpha value is -3.86. The Bertz CT molecular complexity index is 1140. The highest BCUT2D eigenvalue weighted by atomic mass is 16.5. The number of hydrogen-bond donors (Lipinski definition) is 2. The van der Waals surface area contributed by atoms with Crippen molar-refractivity contribution in [2.75, 3.05) is 13.2 Å². The van der Waals surface area contributed by atoms with Crippen LogP contribution in [0.3, 0.4) is 0 Å². The standard InChI is InChI=1S/C27H25NO4/c1-18-13-14-19(16-24(18)26(29)30)8-6-7-15-28-27(31)32-17-25-22-11-4-2-9-20(22)21-10-3-5-12-23(21)25/h2-6,8-14,16,25H,7,15,17H2,1H3,(H,28,31)(H,29,30). The van der Waals surface area contributed by atoms with Crippen LogP contribution >= 0.6 is 0 Å². The van der Waals surface area contributed by atoms with E-state index in [4.69, 9.17) is 4.74 Å². The molecule has 0 spiro atoms. The van der Waals surface area contributed by atoms with E-state index in [-0.39, 0.29) is 12.5 Å². The first-order valence-corrected chi connectivity index (χ1v) is 10.6. The van der Waals surface area contributed by atoms with Crippen molar-refractivity contribution in [2.24, 2.45) is 0 Å². The van der Waals surface area contributed by atoms with E-state index < -0.39 is 12.1 Å². The van der Waals surface area contributed by atoms with Gasteiger partial charge in [-0.3, -0.25) is 0 Å². The third kappa shape index (κ3) is 4.57. The number of amides is 1. The molecule has 3 aromatic carbocycles. The summed E-state index contributed by atoms with van der Waals surface area (Å²) in [7, 11) is 0. The van der Waals surface area contributed by atoms with Gasteiger partial charge in [0.15, 0.2) is 0 Å². The van der Waals surface area contributed by atoms with E-state index in [2.05, 4.69) is 29.6 Å². The van der Waals surface area contributed by atoms with Crippen LogP contribution in [0.1, 0.15) is 45.0 Å². The van der Waals surface area contributed by atoms with E-state index in [9.17, 15) is 14.7 Å². The third-order valence-corrected chi connectivity index (χ3v) is 5.73. The van der Waals surface area contributed by atoms with E-state index in [1.54, 1.807) is 19.1 Å². The van der Waals surface area contributed by atoms with Crippen LogP contribution < -0.4 is 5.32 Å². The first-order chi connectivity index (χ1) is 15.5. The quantitative estimate of drug-likeness (QED) is 0.479. The van der Waals surface area contributed by atoms with Crippen molar-refractivity contribution < 1.29 is 19.4 Å². The topological polar surface area (TPSA) is 75.6 Å². The molecule has 32 heavy (non-hydrogen) atoms. The van der Waals surface area contributed by atoms with E-state index in [0.29, 0.717) is 18.5 Å². The summed E-state index contributed by atoms with van der Waals surface area (Å²) in [6.45, 7) is 2.50. The Balaban J connectivity index is 1.27. The molecule has 0 aromatic heterocycles. The number of aryl methyl sites for hydroxylation is 1. The van der Waals surface area contributed by atoms with Gasteiger partial charge in [0.05, 0.1) is 5.56 Å². The smallest absolute Gasteiger partial charge is 0.407 e. The van der Waals surface area contributed by atoms with Gasteiger partial charge in [0.2, 0.25) is 0 Å². The van der Waals surface area contributed by atoms with E-state index in [1.807, 2.05) is 42.5 Å². The van der Waals surface area contributed by atoms with Gasteiger partial charge >= 0.3 is 12.1 Å². The van der Waals surface area contributed by atoms with Gasteiger partial charge in [-0.25, -0.2) is 9.59 Å². The molecule has 162 valence electrons. The highest BCUT2D eigenvalue weighted by molar-refractivity contribution is 5.90. The molecule has 1 amide bonds. The highest BCUT2D eigenvalue weighted by Crippen LogP contribution is 2.44. The molecule has 5 nitrogen and oxygen atoms in total. The van der Waals surface area contributed by atoms with Gasteiger partial charge in [0.25, 0.3) is 0 Å². The second kappa shape index (κ2) is 9.52. The molecule has 3 aromatic rings. The van der Waals surface area contributed by atoms with E-state index in [0.717, 1.165) is 11.1 Å². The molecule has 0 fully saturated rings. The summed E-state index contributed by atoms with van der Waals surface area (Å²) < 4.78 is 5.52. The number of carbonyl (C=O) groups is 2. The monoisotopic (exact) mass is 427 g/mol. The van der Waals surface area contributed by atoms with Gasteiger partial charge in [0.1, 0.15) is 6.61 Å². The Morgan fingerprint density at radius 3 is 2.31 bits per heavy atom. The van der Waals surface area contributed by atoms with Crippen molar-refractivity contribution in [1.82, 2.24) is 5.32 Å². The molecule has 2 N–H and O–H groups in total. The Kier molecular flexibility index (Phi) is 6.36. The summed E-state index contributed by atoms with van der Waals surface area (Å²) in [5.74, 6) is -0.896. The van der Waals surface area contributed by atoms with Crippen molar-refractivity contribution in [3.8, 4) is 11.1 Å². The van der Waals surface area contributed by atoms with Crippen LogP contribution in [0.2, 0.25) is 0 Å². The van der Waals surface area contributed by atoms with Crippen LogP contribution in [0.15, 0.2) is 72.8 Å². The van der Waals surface area contributed by atoms with Crippen LogP contribution in [0.25, 0.3) is 17.2 Å². The SMILES string of the molecule is Cc1ccc(C=CCCNC(=O)OCC2c3ccccc3-c3ccccc32)cc1C(=O)O. The fourth-order valence-corrected chi connectivity index (χ4v) is 4.10. The minimum absolute atomic E-state index is 0.0398. The largest absolute Gasteiger partial charge is 0.478 e. The predicted octanol–water partition coefficient (Wildman–Crippen LogP) is 5.64. The number of nitrogens with one attached hydrogen (secondary N) is 1. The number of benzene rings is 3. The molecule has 0 saturated carbocycles. The van der Waals surface area contributed by atoms with Gasteiger partial charge in [-0.2, -0.15) is 0 Å². The maximum Gasteiger partial charge on any atom is 0.407 e. The zero-order chi connectivity index (χ0) is 22.5. The fraction of sp³-hybridized carbons (Fsp3) is 0.185. The molecule has 0 radical (unpaired) electrons. The zero-order valence-corrected chi connectivity index (χ0v) is 17.9. The summed E-state index contributed by atoms with van der Waals surface area (Å²) in [5.41, 5.74) is 6.60. The van der Waals surface area contributed by atoms with Crippen molar-refractivity contribution in [3.63, 3.8) is 0 Å². The number of hydrogen-bond acceptors (Lipinski definition) is 3. The predicted molar refractivity (Wildman–Crippen MR) is 125 cm³/mol. The number of alkyl carbamates (subject to hydrolysis) is 1. The molecular formula is C27H25NO4. The average Bonchev–Trinajstić information content (AvgIpc) is 3.12. The number of rotatable bonds is 7. The Labute approximate surface area is 187 Å². The Morgan fingerprint density at radius 1 is 1.00 bits per heavy atom. The number of aromatic carboxylic acids is 1. The van der Waals surface area contributed by atoms with Crippen LogP contribution in [0.4, 0.5) is 4.79 Å². The summed E-state index contributed by atoms with van der Waals surface area (Å²) in [5, 5.41) is 12.0. The molecule has 1 aliphatic rings. The molecule has 0 aliphatic heterocycles. The number of carboxylic acid groups (broad SMARTS) is 1. The minimum Gasteiger partial charge on any atom is -0.478 e. The lowest BCUT2D eigenvalue weighted by Gasteiger charge is -2.14. The second-order valence-electron chi connectivity index (χ2n) is 7.82. The number of carbonyl (C=O) groups excluding carboxylic acids is 1. The van der Waals surface area contributed by atoms with Crippen molar-refractivity contribution in [3.05, 3.63) is 101 Å². The first kappa shape index (κ1) is 21.4. The summed E-state index contributed by atoms with van der Waals surface area (Å²) in [4.78, 5) is 23.4. The maximum atomic E-state index is 12.2. The molecule has 0 bridgehead atoms. The molecule has 0 heterocycles. The van der Waals surface area contributed by atoms with Gasteiger partial charge < -0.3 is 15.2 Å².